The van der Waals surface area contributed by atoms with Gasteiger partial charge in [-0.3, -0.25) is 4.79 Å². The number of hydrogen-bond acceptors (Lipinski definition) is 4. The second-order valence-corrected chi connectivity index (χ2v) is 7.04. The molecule has 0 saturated heterocycles. The second kappa shape index (κ2) is 6.88. The van der Waals surface area contributed by atoms with E-state index in [0.29, 0.717) is 18.0 Å². The number of amides is 1. The largest absolute Gasteiger partial charge is 0.472 e. The quantitative estimate of drug-likeness (QED) is 0.491. The highest BCUT2D eigenvalue weighted by Crippen LogP contribution is 2.33. The maximum absolute atomic E-state index is 12.6. The van der Waals surface area contributed by atoms with Gasteiger partial charge in [0.2, 0.25) is 0 Å². The highest BCUT2D eigenvalue weighted by Gasteiger charge is 2.21. The Morgan fingerprint density at radius 1 is 1.29 bits per heavy atom. The molecule has 6 nitrogen and oxygen atoms in total. The maximum atomic E-state index is 12.6. The summed E-state index contributed by atoms with van der Waals surface area (Å²) in [5.41, 5.74) is 5.77. The number of hydrogen-bond donors (Lipinski definition) is 3. The van der Waals surface area contributed by atoms with Crippen molar-refractivity contribution in [1.29, 1.82) is 0 Å². The number of carbonyl (C=O) groups is 1. The first kappa shape index (κ1) is 16.6. The summed E-state index contributed by atoms with van der Waals surface area (Å²) in [6.45, 7) is 1.54. The molecule has 1 aliphatic heterocycles. The molecule has 0 bridgehead atoms. The third-order valence-corrected chi connectivity index (χ3v) is 5.34. The molecule has 1 atom stereocenters. The van der Waals surface area contributed by atoms with Gasteiger partial charge in [-0.15, -0.1) is 0 Å². The molecule has 4 aromatic rings. The predicted octanol–water partition coefficient (Wildman–Crippen LogP) is 4.15. The summed E-state index contributed by atoms with van der Waals surface area (Å²) < 4.78 is 5.17. The van der Waals surface area contributed by atoms with Gasteiger partial charge in [0.25, 0.3) is 5.91 Å². The van der Waals surface area contributed by atoms with E-state index >= 15 is 0 Å². The number of para-hydroxylation sites is 1. The van der Waals surface area contributed by atoms with Gasteiger partial charge in [0, 0.05) is 53.6 Å². The van der Waals surface area contributed by atoms with Gasteiger partial charge in [0.1, 0.15) is 5.65 Å². The number of nitrogens with one attached hydrogen (secondary N) is 3. The van der Waals surface area contributed by atoms with Crippen LogP contribution in [0.2, 0.25) is 0 Å². The highest BCUT2D eigenvalue weighted by atomic mass is 16.3. The number of fused-ring (bicyclic) bond motifs is 2. The third-order valence-electron chi connectivity index (χ3n) is 5.34. The molecule has 6 heteroatoms. The zero-order valence-corrected chi connectivity index (χ0v) is 15.2. The minimum absolute atomic E-state index is 0.104. The molecule has 140 valence electrons. The molecule has 3 aromatic heterocycles. The van der Waals surface area contributed by atoms with E-state index in [2.05, 4.69) is 38.8 Å². The molecule has 0 spiro atoms. The van der Waals surface area contributed by atoms with Crippen molar-refractivity contribution in [2.45, 2.75) is 12.3 Å². The van der Waals surface area contributed by atoms with Crippen LogP contribution >= 0.6 is 0 Å². The van der Waals surface area contributed by atoms with Crippen molar-refractivity contribution in [2.75, 3.05) is 18.4 Å². The number of nitrogens with zero attached hydrogens (tertiary/aromatic N) is 1. The number of H-pyrrole nitrogens is 1. The smallest absolute Gasteiger partial charge is 0.252 e. The molecule has 4 heterocycles. The molecule has 3 N–H and O–H groups in total. The number of rotatable bonds is 5. The summed E-state index contributed by atoms with van der Waals surface area (Å²) in [6, 6.07) is 12.1. The van der Waals surface area contributed by atoms with E-state index in [1.165, 1.54) is 11.3 Å². The van der Waals surface area contributed by atoms with E-state index in [0.717, 1.165) is 35.1 Å². The number of carbonyl (C=O) groups excluding carboxylic acids is 1. The minimum atomic E-state index is -0.104. The summed E-state index contributed by atoms with van der Waals surface area (Å²) in [6.07, 6.45) is 7.71. The van der Waals surface area contributed by atoms with Crippen molar-refractivity contribution < 1.29 is 9.21 Å². The van der Waals surface area contributed by atoms with Crippen LogP contribution in [-0.4, -0.2) is 29.0 Å². The zero-order chi connectivity index (χ0) is 18.9. The molecule has 28 heavy (non-hydrogen) atoms. The third kappa shape index (κ3) is 2.93. The molecule has 1 amide bonds. The van der Waals surface area contributed by atoms with Gasteiger partial charge >= 0.3 is 0 Å². The van der Waals surface area contributed by atoms with Crippen LogP contribution in [0.5, 0.6) is 0 Å². The van der Waals surface area contributed by atoms with Crippen molar-refractivity contribution in [3.8, 4) is 11.1 Å². The lowest BCUT2D eigenvalue weighted by Crippen LogP contribution is -2.26. The topological polar surface area (TPSA) is 83.0 Å². The van der Waals surface area contributed by atoms with Gasteiger partial charge in [-0.05, 0) is 30.2 Å². The lowest BCUT2D eigenvalue weighted by Gasteiger charge is -2.11. The standard InChI is InChI=1S/C22H20N4O2/c27-22(23-7-5-14-10-24-20-4-2-1-3-17(14)20)16-9-18-19(15-6-8-28-13-15)12-26-21(18)25-11-16/h1-4,6,8-9,11-14,24H,5,7,10H2,(H,23,27)(H,25,26). The molecule has 0 saturated carbocycles. The van der Waals surface area contributed by atoms with Crippen LogP contribution in [0.15, 0.2) is 65.7 Å². The Bertz CT molecular complexity index is 1130. The molecule has 0 fully saturated rings. The van der Waals surface area contributed by atoms with E-state index in [1.54, 1.807) is 18.7 Å². The Labute approximate surface area is 162 Å². The summed E-state index contributed by atoms with van der Waals surface area (Å²) in [5.74, 6) is 0.322. The van der Waals surface area contributed by atoms with Gasteiger partial charge < -0.3 is 20.0 Å². The predicted molar refractivity (Wildman–Crippen MR) is 108 cm³/mol. The highest BCUT2D eigenvalue weighted by molar-refractivity contribution is 6.00. The number of pyridine rings is 1. The molecular weight excluding hydrogens is 352 g/mol. The second-order valence-electron chi connectivity index (χ2n) is 7.04. The van der Waals surface area contributed by atoms with Crippen LogP contribution in [0.25, 0.3) is 22.2 Å². The summed E-state index contributed by atoms with van der Waals surface area (Å²) in [5, 5.41) is 7.36. The molecule has 1 aliphatic rings. The molecule has 0 aliphatic carbocycles. The maximum Gasteiger partial charge on any atom is 0.252 e. The molecule has 5 rings (SSSR count). The number of aromatic amines is 1. The Morgan fingerprint density at radius 2 is 2.21 bits per heavy atom. The number of benzene rings is 1. The molecule has 0 radical (unpaired) electrons. The fourth-order valence-corrected chi connectivity index (χ4v) is 3.86. The average molecular weight is 372 g/mol. The van der Waals surface area contributed by atoms with Crippen LogP contribution in [0.3, 0.4) is 0 Å². The van der Waals surface area contributed by atoms with E-state index in [9.17, 15) is 4.79 Å². The van der Waals surface area contributed by atoms with E-state index in [1.807, 2.05) is 24.4 Å². The molecule has 1 unspecified atom stereocenters. The normalized spacial score (nSPS) is 15.4. The van der Waals surface area contributed by atoms with Gasteiger partial charge in [0.05, 0.1) is 18.1 Å². The van der Waals surface area contributed by atoms with Gasteiger partial charge in [-0.25, -0.2) is 4.98 Å². The Balaban J connectivity index is 1.28. The minimum Gasteiger partial charge on any atom is -0.472 e. The van der Waals surface area contributed by atoms with Crippen molar-refractivity contribution in [3.05, 3.63) is 72.4 Å². The van der Waals surface area contributed by atoms with Gasteiger partial charge in [-0.2, -0.15) is 0 Å². The van der Waals surface area contributed by atoms with Crippen molar-refractivity contribution >= 4 is 22.6 Å². The Hall–Kier alpha value is -3.54. The molecular formula is C22H20N4O2. The Morgan fingerprint density at radius 3 is 3.11 bits per heavy atom. The van der Waals surface area contributed by atoms with Crippen molar-refractivity contribution in [1.82, 2.24) is 15.3 Å². The SMILES string of the molecule is O=C(NCCC1CNc2ccccc21)c1cnc2[nH]cc(-c3ccoc3)c2c1. The lowest BCUT2D eigenvalue weighted by atomic mass is 9.98. The zero-order valence-electron chi connectivity index (χ0n) is 15.2. The first-order valence-electron chi connectivity index (χ1n) is 9.40. The van der Waals surface area contributed by atoms with Crippen LogP contribution in [0, 0.1) is 0 Å². The van der Waals surface area contributed by atoms with Crippen LogP contribution in [0.4, 0.5) is 5.69 Å². The van der Waals surface area contributed by atoms with E-state index in [4.69, 9.17) is 4.42 Å². The first-order chi connectivity index (χ1) is 13.8. The summed E-state index contributed by atoms with van der Waals surface area (Å²) in [7, 11) is 0. The van der Waals surface area contributed by atoms with Crippen molar-refractivity contribution in [3.63, 3.8) is 0 Å². The summed E-state index contributed by atoms with van der Waals surface area (Å²) in [4.78, 5) is 20.2. The van der Waals surface area contributed by atoms with E-state index < -0.39 is 0 Å². The average Bonchev–Trinajstić information content (AvgIpc) is 3.47. The molecule has 1 aromatic carbocycles. The number of anilines is 1. The van der Waals surface area contributed by atoms with Gasteiger partial charge in [0.15, 0.2) is 0 Å². The Kier molecular flexibility index (Phi) is 4.09. The van der Waals surface area contributed by atoms with Crippen molar-refractivity contribution in [2.24, 2.45) is 0 Å². The van der Waals surface area contributed by atoms with Gasteiger partial charge in [-0.1, -0.05) is 18.2 Å². The number of furan rings is 1. The fraction of sp³-hybridized carbons (Fsp3) is 0.182. The number of aromatic nitrogens is 2. The van der Waals surface area contributed by atoms with Crippen LogP contribution in [-0.2, 0) is 0 Å². The fourth-order valence-electron chi connectivity index (χ4n) is 3.86. The first-order valence-corrected chi connectivity index (χ1v) is 9.40. The van der Waals surface area contributed by atoms with E-state index in [-0.39, 0.29) is 5.91 Å². The van der Waals surface area contributed by atoms with Crippen LogP contribution in [0.1, 0.15) is 28.3 Å². The summed E-state index contributed by atoms with van der Waals surface area (Å²) >= 11 is 0. The van der Waals surface area contributed by atoms with Crippen LogP contribution < -0.4 is 10.6 Å². The lowest BCUT2D eigenvalue weighted by molar-refractivity contribution is 0.0952. The monoisotopic (exact) mass is 372 g/mol.